The number of hydrogen-bond donors (Lipinski definition) is 1. The van der Waals surface area contributed by atoms with E-state index in [0.717, 1.165) is 25.7 Å². The van der Waals surface area contributed by atoms with E-state index in [1.807, 2.05) is 0 Å². The number of aliphatic carboxylic acids is 1. The topological polar surface area (TPSA) is 46.5 Å². The summed E-state index contributed by atoms with van der Waals surface area (Å²) in [7, 11) is 0. The molecule has 80 valence electrons. The van der Waals surface area contributed by atoms with E-state index in [1.54, 1.807) is 0 Å². The molecule has 1 aliphatic heterocycles. The summed E-state index contributed by atoms with van der Waals surface area (Å²) in [5, 5.41) is 8.81. The number of carboxylic acids is 1. The number of carboxylic acid groups (broad SMARTS) is 1. The molecule has 0 radical (unpaired) electrons. The van der Waals surface area contributed by atoms with Crippen LogP contribution >= 0.6 is 0 Å². The van der Waals surface area contributed by atoms with Gasteiger partial charge in [-0.2, -0.15) is 0 Å². The summed E-state index contributed by atoms with van der Waals surface area (Å²) < 4.78 is 5.78. The Labute approximate surface area is 84.4 Å². The van der Waals surface area contributed by atoms with E-state index in [9.17, 15) is 4.79 Å². The van der Waals surface area contributed by atoms with Gasteiger partial charge in [0.2, 0.25) is 0 Å². The average molecular weight is 198 g/mol. The molecule has 1 aliphatic carbocycles. The van der Waals surface area contributed by atoms with Gasteiger partial charge in [-0.05, 0) is 38.0 Å². The first kappa shape index (κ1) is 9.97. The van der Waals surface area contributed by atoms with Gasteiger partial charge in [-0.25, -0.2) is 0 Å². The van der Waals surface area contributed by atoms with Gasteiger partial charge in [-0.3, -0.25) is 4.79 Å². The van der Waals surface area contributed by atoms with Gasteiger partial charge >= 0.3 is 5.97 Å². The smallest absolute Gasteiger partial charge is 0.303 e. The van der Waals surface area contributed by atoms with E-state index in [2.05, 4.69) is 6.92 Å². The monoisotopic (exact) mass is 198 g/mol. The minimum absolute atomic E-state index is 0.331. The van der Waals surface area contributed by atoms with Crippen molar-refractivity contribution in [2.24, 2.45) is 11.8 Å². The predicted molar refractivity (Wildman–Crippen MR) is 52.0 cm³/mol. The first-order valence-corrected chi connectivity index (χ1v) is 5.54. The van der Waals surface area contributed by atoms with Crippen molar-refractivity contribution in [3.8, 4) is 0 Å². The minimum atomic E-state index is -0.657. The lowest BCUT2D eigenvalue weighted by Crippen LogP contribution is -2.30. The van der Waals surface area contributed by atoms with Crippen molar-refractivity contribution in [1.29, 1.82) is 0 Å². The summed E-state index contributed by atoms with van der Waals surface area (Å²) in [6.45, 7) is 2.09. The first-order valence-electron chi connectivity index (χ1n) is 5.54. The minimum Gasteiger partial charge on any atom is -0.481 e. The molecular formula is C11H18O3. The normalized spacial score (nSPS) is 42.1. The van der Waals surface area contributed by atoms with Gasteiger partial charge in [-0.15, -0.1) is 0 Å². The standard InChI is InChI=1S/C11H18O3/c1-7-5-9-8(6-11(12)13)3-2-4-10(9)14-7/h7-10H,2-6H2,1H3,(H,12,13)/t7-,8-,9+,10-/m1/s1. The fourth-order valence-corrected chi connectivity index (χ4v) is 3.04. The predicted octanol–water partition coefficient (Wildman–Crippen LogP) is 2.05. The molecule has 0 aromatic rings. The van der Waals surface area contributed by atoms with Crippen LogP contribution in [0.25, 0.3) is 0 Å². The zero-order chi connectivity index (χ0) is 10.1. The molecule has 2 rings (SSSR count). The average Bonchev–Trinajstić information content (AvgIpc) is 2.45. The molecule has 1 heterocycles. The molecule has 1 saturated carbocycles. The Morgan fingerprint density at radius 2 is 2.29 bits per heavy atom. The van der Waals surface area contributed by atoms with Crippen LogP contribution in [0.1, 0.15) is 39.0 Å². The molecule has 3 heteroatoms. The number of ether oxygens (including phenoxy) is 1. The van der Waals surface area contributed by atoms with Gasteiger partial charge in [0.15, 0.2) is 0 Å². The molecule has 0 aromatic heterocycles. The number of hydrogen-bond acceptors (Lipinski definition) is 2. The highest BCUT2D eigenvalue weighted by atomic mass is 16.5. The van der Waals surface area contributed by atoms with Crippen molar-refractivity contribution in [2.75, 3.05) is 0 Å². The van der Waals surface area contributed by atoms with Gasteiger partial charge in [0.25, 0.3) is 0 Å². The second-order valence-electron chi connectivity index (χ2n) is 4.67. The van der Waals surface area contributed by atoms with Crippen molar-refractivity contribution in [1.82, 2.24) is 0 Å². The Morgan fingerprint density at radius 3 is 3.00 bits per heavy atom. The molecule has 0 bridgehead atoms. The summed E-state index contributed by atoms with van der Waals surface area (Å²) in [6.07, 6.45) is 5.41. The van der Waals surface area contributed by atoms with E-state index in [4.69, 9.17) is 9.84 Å². The van der Waals surface area contributed by atoms with E-state index in [0.29, 0.717) is 30.5 Å². The Kier molecular flexibility index (Phi) is 2.77. The summed E-state index contributed by atoms with van der Waals surface area (Å²) in [5.74, 6) is 0.209. The molecule has 1 saturated heterocycles. The van der Waals surface area contributed by atoms with Gasteiger partial charge in [-0.1, -0.05) is 6.42 Å². The Morgan fingerprint density at radius 1 is 1.50 bits per heavy atom. The van der Waals surface area contributed by atoms with E-state index >= 15 is 0 Å². The summed E-state index contributed by atoms with van der Waals surface area (Å²) in [4.78, 5) is 10.7. The molecule has 14 heavy (non-hydrogen) atoms. The third-order valence-electron chi connectivity index (χ3n) is 3.59. The highest BCUT2D eigenvalue weighted by molar-refractivity contribution is 5.67. The molecule has 2 fully saturated rings. The van der Waals surface area contributed by atoms with Gasteiger partial charge in [0.05, 0.1) is 12.2 Å². The zero-order valence-corrected chi connectivity index (χ0v) is 8.61. The number of rotatable bonds is 2. The molecule has 1 N–H and O–H groups in total. The third-order valence-corrected chi connectivity index (χ3v) is 3.59. The molecule has 0 amide bonds. The first-order chi connectivity index (χ1) is 6.66. The lowest BCUT2D eigenvalue weighted by atomic mass is 9.75. The quantitative estimate of drug-likeness (QED) is 0.738. The summed E-state index contributed by atoms with van der Waals surface area (Å²) in [5.41, 5.74) is 0. The second-order valence-corrected chi connectivity index (χ2v) is 4.67. The van der Waals surface area contributed by atoms with Crippen LogP contribution in [0, 0.1) is 11.8 Å². The van der Waals surface area contributed by atoms with Gasteiger partial charge in [0.1, 0.15) is 0 Å². The van der Waals surface area contributed by atoms with Crippen LogP contribution in [0.5, 0.6) is 0 Å². The maximum atomic E-state index is 10.7. The number of fused-ring (bicyclic) bond motifs is 1. The van der Waals surface area contributed by atoms with Crippen molar-refractivity contribution in [3.63, 3.8) is 0 Å². The third kappa shape index (κ3) is 1.92. The Balaban J connectivity index is 2.00. The van der Waals surface area contributed by atoms with Crippen LogP contribution in [-0.2, 0) is 9.53 Å². The van der Waals surface area contributed by atoms with Crippen molar-refractivity contribution in [2.45, 2.75) is 51.2 Å². The Hall–Kier alpha value is -0.570. The number of carbonyl (C=O) groups is 1. The maximum Gasteiger partial charge on any atom is 0.303 e. The lowest BCUT2D eigenvalue weighted by molar-refractivity contribution is -0.139. The lowest BCUT2D eigenvalue weighted by Gasteiger charge is -2.31. The highest BCUT2D eigenvalue weighted by Gasteiger charge is 2.40. The zero-order valence-electron chi connectivity index (χ0n) is 8.61. The fourth-order valence-electron chi connectivity index (χ4n) is 3.04. The van der Waals surface area contributed by atoms with Crippen molar-refractivity contribution in [3.05, 3.63) is 0 Å². The molecule has 0 aromatic carbocycles. The van der Waals surface area contributed by atoms with Crippen LogP contribution in [-0.4, -0.2) is 23.3 Å². The van der Waals surface area contributed by atoms with Gasteiger partial charge in [0, 0.05) is 6.42 Å². The van der Waals surface area contributed by atoms with Crippen molar-refractivity contribution < 1.29 is 14.6 Å². The molecular weight excluding hydrogens is 180 g/mol. The van der Waals surface area contributed by atoms with E-state index in [-0.39, 0.29) is 0 Å². The van der Waals surface area contributed by atoms with Gasteiger partial charge < -0.3 is 9.84 Å². The van der Waals surface area contributed by atoms with E-state index < -0.39 is 5.97 Å². The van der Waals surface area contributed by atoms with E-state index in [1.165, 1.54) is 0 Å². The van der Waals surface area contributed by atoms with Crippen molar-refractivity contribution >= 4 is 5.97 Å². The molecule has 3 nitrogen and oxygen atoms in total. The molecule has 0 spiro atoms. The van der Waals surface area contributed by atoms with Crippen LogP contribution in [0.4, 0.5) is 0 Å². The summed E-state index contributed by atoms with van der Waals surface area (Å²) in [6, 6.07) is 0. The Bertz CT molecular complexity index is 227. The highest BCUT2D eigenvalue weighted by Crippen LogP contribution is 2.42. The molecule has 2 aliphatic rings. The van der Waals surface area contributed by atoms with Crippen LogP contribution in [0.15, 0.2) is 0 Å². The largest absolute Gasteiger partial charge is 0.481 e. The van der Waals surface area contributed by atoms with Crippen LogP contribution in [0.3, 0.4) is 0 Å². The molecule has 0 unspecified atom stereocenters. The van der Waals surface area contributed by atoms with Crippen LogP contribution in [0.2, 0.25) is 0 Å². The summed E-state index contributed by atoms with van der Waals surface area (Å²) >= 11 is 0. The molecule has 4 atom stereocenters. The second kappa shape index (κ2) is 3.89. The fraction of sp³-hybridized carbons (Fsp3) is 0.909. The van der Waals surface area contributed by atoms with Crippen LogP contribution < -0.4 is 0 Å². The SMILES string of the molecule is C[C@@H]1C[C@H]2[C@@H](CC(=O)O)CCC[C@H]2O1. The maximum absolute atomic E-state index is 10.7.